The molecule has 2 rings (SSSR count). The molecule has 13 heavy (non-hydrogen) atoms. The molecule has 2 heterocycles. The Labute approximate surface area is 86.7 Å². The largest absolute Gasteiger partial charge is 0.314 e. The summed E-state index contributed by atoms with van der Waals surface area (Å²) in [6.45, 7) is 5.41. The molecule has 1 saturated heterocycles. The molecule has 0 amide bonds. The summed E-state index contributed by atoms with van der Waals surface area (Å²) in [7, 11) is 0. The first-order valence-corrected chi connectivity index (χ1v) is 5.57. The van der Waals surface area contributed by atoms with Gasteiger partial charge in [-0.05, 0) is 0 Å². The number of aromatic nitrogens is 1. The van der Waals surface area contributed by atoms with E-state index in [-0.39, 0.29) is 0 Å². The van der Waals surface area contributed by atoms with E-state index in [9.17, 15) is 0 Å². The highest BCUT2D eigenvalue weighted by molar-refractivity contribution is 7.15. The van der Waals surface area contributed by atoms with Crippen LogP contribution in [0.1, 0.15) is 4.88 Å². The van der Waals surface area contributed by atoms with Gasteiger partial charge in [-0.3, -0.25) is 4.90 Å². The number of hydrogen-bond acceptors (Lipinski definition) is 4. The molecule has 5 heteroatoms. The second kappa shape index (κ2) is 4.37. The maximum Gasteiger partial charge on any atom is 0.183 e. The Morgan fingerprint density at radius 2 is 2.31 bits per heavy atom. The molecule has 72 valence electrons. The third-order valence-corrected chi connectivity index (χ3v) is 3.21. The van der Waals surface area contributed by atoms with Crippen molar-refractivity contribution in [2.75, 3.05) is 26.2 Å². The van der Waals surface area contributed by atoms with Crippen LogP contribution in [0.2, 0.25) is 4.47 Å². The Kier molecular flexibility index (Phi) is 3.16. The summed E-state index contributed by atoms with van der Waals surface area (Å²) in [5.74, 6) is 0. The van der Waals surface area contributed by atoms with Crippen LogP contribution in [0.15, 0.2) is 6.20 Å². The second-order valence-electron chi connectivity index (χ2n) is 3.11. The van der Waals surface area contributed by atoms with Gasteiger partial charge >= 0.3 is 0 Å². The van der Waals surface area contributed by atoms with Crippen LogP contribution in [0.3, 0.4) is 0 Å². The minimum Gasteiger partial charge on any atom is -0.314 e. The fraction of sp³-hybridized carbons (Fsp3) is 0.625. The number of halogens is 1. The second-order valence-corrected chi connectivity index (χ2v) is 4.80. The van der Waals surface area contributed by atoms with E-state index < -0.39 is 0 Å². The van der Waals surface area contributed by atoms with Crippen LogP contribution >= 0.6 is 22.9 Å². The van der Waals surface area contributed by atoms with Gasteiger partial charge in [0.1, 0.15) is 0 Å². The third-order valence-electron chi connectivity index (χ3n) is 2.11. The lowest BCUT2D eigenvalue weighted by Gasteiger charge is -2.26. The van der Waals surface area contributed by atoms with Crippen LogP contribution in [0.25, 0.3) is 0 Å². The van der Waals surface area contributed by atoms with Gasteiger partial charge in [0.25, 0.3) is 0 Å². The van der Waals surface area contributed by atoms with Crippen LogP contribution < -0.4 is 5.32 Å². The predicted octanol–water partition coefficient (Wildman–Crippen LogP) is 1.20. The standard InChI is InChI=1S/C8H12ClN3S/c9-8-11-5-7(13-8)6-12-3-1-10-2-4-12/h5,10H,1-4,6H2. The van der Waals surface area contributed by atoms with Crippen molar-refractivity contribution in [1.82, 2.24) is 15.2 Å². The first-order chi connectivity index (χ1) is 6.34. The number of piperazine rings is 1. The van der Waals surface area contributed by atoms with E-state index in [1.54, 1.807) is 11.3 Å². The van der Waals surface area contributed by atoms with Gasteiger partial charge in [-0.25, -0.2) is 4.98 Å². The maximum atomic E-state index is 5.75. The quantitative estimate of drug-likeness (QED) is 0.807. The van der Waals surface area contributed by atoms with E-state index in [1.807, 2.05) is 6.20 Å². The Morgan fingerprint density at radius 1 is 1.54 bits per heavy atom. The van der Waals surface area contributed by atoms with Crippen LogP contribution in [-0.2, 0) is 6.54 Å². The van der Waals surface area contributed by atoms with Gasteiger partial charge in [-0.15, -0.1) is 11.3 Å². The van der Waals surface area contributed by atoms with Crippen molar-refractivity contribution in [2.24, 2.45) is 0 Å². The molecule has 0 radical (unpaired) electrons. The fourth-order valence-corrected chi connectivity index (χ4v) is 2.47. The molecule has 0 aromatic carbocycles. The molecule has 1 aromatic heterocycles. The normalized spacial score (nSPS) is 19.2. The number of thiazole rings is 1. The van der Waals surface area contributed by atoms with Crippen LogP contribution in [-0.4, -0.2) is 36.1 Å². The molecule has 0 aliphatic carbocycles. The lowest BCUT2D eigenvalue weighted by atomic mass is 10.3. The molecular weight excluding hydrogens is 206 g/mol. The average molecular weight is 218 g/mol. The lowest BCUT2D eigenvalue weighted by molar-refractivity contribution is 0.235. The lowest BCUT2D eigenvalue weighted by Crippen LogP contribution is -2.42. The molecule has 0 unspecified atom stereocenters. The Morgan fingerprint density at radius 3 is 2.92 bits per heavy atom. The van der Waals surface area contributed by atoms with Crippen molar-refractivity contribution in [1.29, 1.82) is 0 Å². The summed E-state index contributed by atoms with van der Waals surface area (Å²) in [6.07, 6.45) is 1.87. The van der Waals surface area contributed by atoms with E-state index in [0.717, 1.165) is 32.7 Å². The number of rotatable bonds is 2. The predicted molar refractivity (Wildman–Crippen MR) is 55.3 cm³/mol. The molecule has 0 atom stereocenters. The SMILES string of the molecule is Clc1ncc(CN2CCNCC2)s1. The molecule has 1 aliphatic rings. The van der Waals surface area contributed by atoms with Gasteiger partial charge in [0.05, 0.1) is 0 Å². The summed E-state index contributed by atoms with van der Waals surface area (Å²) < 4.78 is 0.644. The van der Waals surface area contributed by atoms with Crippen LogP contribution in [0, 0.1) is 0 Å². The summed E-state index contributed by atoms with van der Waals surface area (Å²) in [6, 6.07) is 0. The molecule has 1 aromatic rings. The zero-order chi connectivity index (χ0) is 9.10. The fourth-order valence-electron chi connectivity index (χ4n) is 1.45. The maximum absolute atomic E-state index is 5.75. The highest BCUT2D eigenvalue weighted by Crippen LogP contribution is 2.19. The van der Waals surface area contributed by atoms with Crippen molar-refractivity contribution in [3.63, 3.8) is 0 Å². The molecule has 0 bridgehead atoms. The minimum atomic E-state index is 0.644. The number of nitrogens with one attached hydrogen (secondary N) is 1. The molecular formula is C8H12ClN3S. The van der Waals surface area contributed by atoms with E-state index in [0.29, 0.717) is 4.47 Å². The van der Waals surface area contributed by atoms with Crippen LogP contribution in [0.4, 0.5) is 0 Å². The van der Waals surface area contributed by atoms with E-state index in [1.165, 1.54) is 4.88 Å². The van der Waals surface area contributed by atoms with E-state index in [2.05, 4.69) is 15.2 Å². The molecule has 0 spiro atoms. The minimum absolute atomic E-state index is 0.644. The van der Waals surface area contributed by atoms with Gasteiger partial charge in [0, 0.05) is 43.8 Å². The highest BCUT2D eigenvalue weighted by Gasteiger charge is 2.10. The number of hydrogen-bond donors (Lipinski definition) is 1. The van der Waals surface area contributed by atoms with E-state index in [4.69, 9.17) is 11.6 Å². The zero-order valence-corrected chi connectivity index (χ0v) is 8.87. The Balaban J connectivity index is 1.89. The van der Waals surface area contributed by atoms with Crippen molar-refractivity contribution >= 4 is 22.9 Å². The van der Waals surface area contributed by atoms with Crippen molar-refractivity contribution in [2.45, 2.75) is 6.54 Å². The van der Waals surface area contributed by atoms with Gasteiger partial charge in [0.2, 0.25) is 0 Å². The van der Waals surface area contributed by atoms with Crippen LogP contribution in [0.5, 0.6) is 0 Å². The summed E-state index contributed by atoms with van der Waals surface area (Å²) >= 11 is 7.33. The van der Waals surface area contributed by atoms with Gasteiger partial charge in [-0.1, -0.05) is 11.6 Å². The molecule has 1 aliphatic heterocycles. The zero-order valence-electron chi connectivity index (χ0n) is 7.29. The average Bonchev–Trinajstić information content (AvgIpc) is 2.53. The van der Waals surface area contributed by atoms with Gasteiger partial charge in [-0.2, -0.15) is 0 Å². The summed E-state index contributed by atoms with van der Waals surface area (Å²) in [5.41, 5.74) is 0. The van der Waals surface area contributed by atoms with Crippen molar-refractivity contribution in [3.05, 3.63) is 15.5 Å². The summed E-state index contributed by atoms with van der Waals surface area (Å²) in [4.78, 5) is 7.70. The van der Waals surface area contributed by atoms with Crippen molar-refractivity contribution < 1.29 is 0 Å². The first-order valence-electron chi connectivity index (χ1n) is 4.38. The Bertz CT molecular complexity index is 270. The Hall–Kier alpha value is -0.160. The van der Waals surface area contributed by atoms with Gasteiger partial charge < -0.3 is 5.32 Å². The van der Waals surface area contributed by atoms with Gasteiger partial charge in [0.15, 0.2) is 4.47 Å². The van der Waals surface area contributed by atoms with Crippen molar-refractivity contribution in [3.8, 4) is 0 Å². The third kappa shape index (κ3) is 2.64. The molecule has 1 N–H and O–H groups in total. The number of nitrogens with zero attached hydrogens (tertiary/aromatic N) is 2. The first kappa shape index (κ1) is 9.40. The summed E-state index contributed by atoms with van der Waals surface area (Å²) in [5, 5.41) is 3.33. The highest BCUT2D eigenvalue weighted by atomic mass is 35.5. The smallest absolute Gasteiger partial charge is 0.183 e. The topological polar surface area (TPSA) is 28.2 Å². The molecule has 0 saturated carbocycles. The molecule has 1 fully saturated rings. The monoisotopic (exact) mass is 217 g/mol. The molecule has 3 nitrogen and oxygen atoms in total. The van der Waals surface area contributed by atoms with E-state index >= 15 is 0 Å².